The van der Waals surface area contributed by atoms with E-state index in [0.717, 1.165) is 19.5 Å². The Hall–Kier alpha value is -2.35. The first-order chi connectivity index (χ1) is 11.1. The highest BCUT2D eigenvalue weighted by Crippen LogP contribution is 2.28. The molecule has 2 saturated heterocycles. The number of anilines is 1. The van der Waals surface area contributed by atoms with Crippen LogP contribution in [0, 0.1) is 23.2 Å². The molecule has 0 radical (unpaired) electrons. The number of likely N-dealkylation sites (tertiary alicyclic amines) is 1. The first kappa shape index (κ1) is 15.5. The third kappa shape index (κ3) is 3.21. The molecule has 120 valence electrons. The molecule has 0 spiro atoms. The Kier molecular flexibility index (Phi) is 4.33. The second-order valence-electron chi connectivity index (χ2n) is 6.60. The summed E-state index contributed by atoms with van der Waals surface area (Å²) in [6.07, 6.45) is 2.47. The van der Waals surface area contributed by atoms with Crippen LogP contribution in [-0.4, -0.2) is 36.3 Å². The van der Waals surface area contributed by atoms with Gasteiger partial charge in [0.2, 0.25) is 11.8 Å². The third-order valence-electron chi connectivity index (χ3n) is 4.73. The molecule has 0 aliphatic carbocycles. The zero-order valence-electron chi connectivity index (χ0n) is 13.4. The Bertz CT molecular complexity index is 664. The first-order valence-electron chi connectivity index (χ1n) is 8.18. The highest BCUT2D eigenvalue weighted by molar-refractivity contribution is 6.00. The van der Waals surface area contributed by atoms with Crippen LogP contribution in [0.3, 0.4) is 0 Å². The van der Waals surface area contributed by atoms with Crippen LogP contribution in [0.5, 0.6) is 0 Å². The van der Waals surface area contributed by atoms with E-state index in [-0.39, 0.29) is 24.2 Å². The summed E-state index contributed by atoms with van der Waals surface area (Å²) in [4.78, 5) is 28.5. The number of amides is 2. The van der Waals surface area contributed by atoms with Gasteiger partial charge >= 0.3 is 0 Å². The van der Waals surface area contributed by atoms with Gasteiger partial charge in [-0.25, -0.2) is 0 Å². The first-order valence-corrected chi connectivity index (χ1v) is 8.18. The van der Waals surface area contributed by atoms with Gasteiger partial charge in [-0.3, -0.25) is 9.59 Å². The van der Waals surface area contributed by atoms with Crippen molar-refractivity contribution in [2.24, 2.45) is 11.8 Å². The Labute approximate surface area is 136 Å². The summed E-state index contributed by atoms with van der Waals surface area (Å²) in [7, 11) is 0. The summed E-state index contributed by atoms with van der Waals surface area (Å²) >= 11 is 0. The minimum Gasteiger partial charge on any atom is -0.342 e. The predicted octanol–water partition coefficient (Wildman–Crippen LogP) is 2.17. The standard InChI is InChI=1S/C18H21N3O2/c1-13-4-3-7-20(11-13)18(23)15-9-17(22)21(12-15)16-6-2-5-14(8-16)10-19/h2,5-6,8,13,15H,3-4,7,9,11-12H2,1H3. The minimum atomic E-state index is -0.265. The Morgan fingerprint density at radius 2 is 2.17 bits per heavy atom. The summed E-state index contributed by atoms with van der Waals surface area (Å²) in [6, 6.07) is 9.08. The molecule has 0 saturated carbocycles. The number of carbonyl (C=O) groups is 2. The number of rotatable bonds is 2. The van der Waals surface area contributed by atoms with Crippen LogP contribution < -0.4 is 4.90 Å². The molecule has 5 nitrogen and oxygen atoms in total. The summed E-state index contributed by atoms with van der Waals surface area (Å²) in [6.45, 7) is 4.18. The molecule has 2 amide bonds. The van der Waals surface area contributed by atoms with Gasteiger partial charge in [-0.2, -0.15) is 5.26 Å². The lowest BCUT2D eigenvalue weighted by Crippen LogP contribution is -2.43. The van der Waals surface area contributed by atoms with Crippen molar-refractivity contribution in [2.75, 3.05) is 24.5 Å². The molecule has 0 aromatic heterocycles. The van der Waals surface area contributed by atoms with E-state index in [9.17, 15) is 9.59 Å². The van der Waals surface area contributed by atoms with Crippen LogP contribution >= 0.6 is 0 Å². The SMILES string of the molecule is CC1CCCN(C(=O)C2CC(=O)N(c3cccc(C#N)c3)C2)C1. The monoisotopic (exact) mass is 311 g/mol. The second-order valence-corrected chi connectivity index (χ2v) is 6.60. The van der Waals surface area contributed by atoms with E-state index in [4.69, 9.17) is 5.26 Å². The van der Waals surface area contributed by atoms with E-state index >= 15 is 0 Å². The molecule has 2 heterocycles. The average molecular weight is 311 g/mol. The van der Waals surface area contributed by atoms with Crippen molar-refractivity contribution in [2.45, 2.75) is 26.2 Å². The Morgan fingerprint density at radius 1 is 1.35 bits per heavy atom. The maximum absolute atomic E-state index is 12.7. The van der Waals surface area contributed by atoms with Crippen LogP contribution in [0.15, 0.2) is 24.3 Å². The maximum Gasteiger partial charge on any atom is 0.228 e. The number of piperidine rings is 1. The van der Waals surface area contributed by atoms with Gasteiger partial charge in [-0.1, -0.05) is 13.0 Å². The van der Waals surface area contributed by atoms with E-state index in [1.807, 2.05) is 11.0 Å². The number of carbonyl (C=O) groups excluding carboxylic acids is 2. The fourth-order valence-corrected chi connectivity index (χ4v) is 3.51. The number of hydrogen-bond donors (Lipinski definition) is 0. The number of nitriles is 1. The van der Waals surface area contributed by atoms with Crippen LogP contribution in [0.25, 0.3) is 0 Å². The van der Waals surface area contributed by atoms with E-state index in [2.05, 4.69) is 13.0 Å². The van der Waals surface area contributed by atoms with Gasteiger partial charge in [0.1, 0.15) is 0 Å². The van der Waals surface area contributed by atoms with Gasteiger partial charge in [0, 0.05) is 31.7 Å². The molecule has 23 heavy (non-hydrogen) atoms. The third-order valence-corrected chi connectivity index (χ3v) is 4.73. The quantitative estimate of drug-likeness (QED) is 0.841. The molecule has 2 aliphatic rings. The summed E-state index contributed by atoms with van der Waals surface area (Å²) in [5.41, 5.74) is 1.23. The molecule has 0 N–H and O–H groups in total. The van der Waals surface area contributed by atoms with Crippen molar-refractivity contribution in [3.05, 3.63) is 29.8 Å². The van der Waals surface area contributed by atoms with E-state index in [1.54, 1.807) is 23.1 Å². The molecular formula is C18H21N3O2. The smallest absolute Gasteiger partial charge is 0.228 e. The molecule has 3 rings (SSSR count). The lowest BCUT2D eigenvalue weighted by Gasteiger charge is -2.32. The number of nitrogens with zero attached hydrogens (tertiary/aromatic N) is 3. The molecule has 2 aliphatic heterocycles. The van der Waals surface area contributed by atoms with E-state index in [1.165, 1.54) is 6.42 Å². The van der Waals surface area contributed by atoms with Gasteiger partial charge in [0.15, 0.2) is 0 Å². The van der Waals surface area contributed by atoms with Crippen LogP contribution in [0.2, 0.25) is 0 Å². The number of hydrogen-bond acceptors (Lipinski definition) is 3. The highest BCUT2D eigenvalue weighted by Gasteiger charge is 2.38. The van der Waals surface area contributed by atoms with Crippen LogP contribution in [-0.2, 0) is 9.59 Å². The molecule has 2 fully saturated rings. The van der Waals surface area contributed by atoms with Crippen molar-refractivity contribution in [3.8, 4) is 6.07 Å². The van der Waals surface area contributed by atoms with Gasteiger partial charge in [-0.05, 0) is 37.0 Å². The molecule has 1 aromatic rings. The predicted molar refractivity (Wildman–Crippen MR) is 86.6 cm³/mol. The maximum atomic E-state index is 12.7. The largest absolute Gasteiger partial charge is 0.342 e. The lowest BCUT2D eigenvalue weighted by molar-refractivity contribution is -0.137. The molecule has 2 unspecified atom stereocenters. The zero-order chi connectivity index (χ0) is 16.4. The highest BCUT2D eigenvalue weighted by atomic mass is 16.2. The summed E-state index contributed by atoms with van der Waals surface area (Å²) in [5, 5.41) is 8.99. The van der Waals surface area contributed by atoms with E-state index in [0.29, 0.717) is 23.7 Å². The van der Waals surface area contributed by atoms with Gasteiger partial charge in [-0.15, -0.1) is 0 Å². The lowest BCUT2D eigenvalue weighted by atomic mass is 9.98. The van der Waals surface area contributed by atoms with Crippen molar-refractivity contribution in [1.29, 1.82) is 5.26 Å². The zero-order valence-corrected chi connectivity index (χ0v) is 13.4. The Balaban J connectivity index is 1.72. The average Bonchev–Trinajstić information content (AvgIpc) is 2.96. The number of benzene rings is 1. The van der Waals surface area contributed by atoms with Crippen molar-refractivity contribution < 1.29 is 9.59 Å². The summed E-state index contributed by atoms with van der Waals surface area (Å²) < 4.78 is 0. The van der Waals surface area contributed by atoms with Crippen LogP contribution in [0.1, 0.15) is 31.7 Å². The van der Waals surface area contributed by atoms with Crippen molar-refractivity contribution in [3.63, 3.8) is 0 Å². The summed E-state index contributed by atoms with van der Waals surface area (Å²) in [5.74, 6) is 0.332. The molecular weight excluding hydrogens is 290 g/mol. The van der Waals surface area contributed by atoms with E-state index < -0.39 is 0 Å². The molecule has 5 heteroatoms. The van der Waals surface area contributed by atoms with Gasteiger partial charge < -0.3 is 9.80 Å². The Morgan fingerprint density at radius 3 is 2.91 bits per heavy atom. The van der Waals surface area contributed by atoms with Gasteiger partial charge in [0.05, 0.1) is 17.6 Å². The second kappa shape index (κ2) is 6.41. The fraction of sp³-hybridized carbons (Fsp3) is 0.500. The normalized spacial score (nSPS) is 24.6. The molecule has 2 atom stereocenters. The molecule has 0 bridgehead atoms. The van der Waals surface area contributed by atoms with Crippen LogP contribution in [0.4, 0.5) is 5.69 Å². The fourth-order valence-electron chi connectivity index (χ4n) is 3.51. The molecule has 1 aromatic carbocycles. The topological polar surface area (TPSA) is 64.4 Å². The van der Waals surface area contributed by atoms with Crippen molar-refractivity contribution in [1.82, 2.24) is 4.90 Å². The minimum absolute atomic E-state index is 0.0384. The van der Waals surface area contributed by atoms with Gasteiger partial charge in [0.25, 0.3) is 0 Å². The van der Waals surface area contributed by atoms with Crippen molar-refractivity contribution >= 4 is 17.5 Å².